The number of hydrogen-bond acceptors (Lipinski definition) is 7. The Morgan fingerprint density at radius 3 is 2.52 bits per heavy atom. The molecule has 21 heavy (non-hydrogen) atoms. The molecule has 0 saturated carbocycles. The molecule has 1 saturated heterocycles. The molecule has 8 nitrogen and oxygen atoms in total. The van der Waals surface area contributed by atoms with Crippen molar-refractivity contribution in [3.63, 3.8) is 0 Å². The predicted molar refractivity (Wildman–Crippen MR) is 79.8 cm³/mol. The average Bonchev–Trinajstić information content (AvgIpc) is 2.36. The van der Waals surface area contributed by atoms with Crippen molar-refractivity contribution in [2.24, 2.45) is 0 Å². The Labute approximate surface area is 123 Å². The van der Waals surface area contributed by atoms with E-state index in [1.807, 2.05) is 25.7 Å². The Balaban J connectivity index is 2.45. The highest BCUT2D eigenvalue weighted by atomic mass is 16.6. The number of ether oxygens (including phenoxy) is 1. The molecule has 2 atom stereocenters. The predicted octanol–water partition coefficient (Wildman–Crippen LogP) is 1.74. The Morgan fingerprint density at radius 1 is 1.38 bits per heavy atom. The molecular formula is C13H21N5O3. The third-order valence-electron chi connectivity index (χ3n) is 3.28. The zero-order chi connectivity index (χ0) is 15.6. The summed E-state index contributed by atoms with van der Waals surface area (Å²) >= 11 is 0. The minimum atomic E-state index is -0.412. The fraction of sp³-hybridized carbons (Fsp3) is 0.692. The summed E-state index contributed by atoms with van der Waals surface area (Å²) in [5.41, 5.74) is 0.339. The lowest BCUT2D eigenvalue weighted by Crippen LogP contribution is -2.46. The zero-order valence-corrected chi connectivity index (χ0v) is 12.8. The van der Waals surface area contributed by atoms with Crippen molar-refractivity contribution in [3.05, 3.63) is 15.8 Å². The first kappa shape index (κ1) is 15.4. The van der Waals surface area contributed by atoms with Crippen LogP contribution in [0.3, 0.4) is 0 Å². The van der Waals surface area contributed by atoms with Crippen molar-refractivity contribution in [2.75, 3.05) is 29.9 Å². The number of rotatable bonds is 4. The van der Waals surface area contributed by atoms with E-state index < -0.39 is 4.92 Å². The van der Waals surface area contributed by atoms with Gasteiger partial charge >= 0.3 is 5.69 Å². The first-order valence-electron chi connectivity index (χ1n) is 7.09. The molecule has 116 valence electrons. The SMILES string of the molecule is CCNc1nc(C)c([N+](=O)[O-])c(N2CC(C)OC(C)C2)n1. The molecule has 0 aliphatic carbocycles. The lowest BCUT2D eigenvalue weighted by atomic mass is 10.2. The molecule has 2 rings (SSSR count). The molecule has 2 unspecified atom stereocenters. The van der Waals surface area contributed by atoms with Gasteiger partial charge in [0.2, 0.25) is 11.8 Å². The summed E-state index contributed by atoms with van der Waals surface area (Å²) in [5.74, 6) is 0.785. The van der Waals surface area contributed by atoms with Gasteiger partial charge in [-0.15, -0.1) is 0 Å². The second-order valence-electron chi connectivity index (χ2n) is 5.25. The van der Waals surface area contributed by atoms with Crippen LogP contribution in [0.1, 0.15) is 26.5 Å². The first-order chi connectivity index (χ1) is 9.92. The standard InChI is InChI=1S/C13H21N5O3/c1-5-14-13-15-10(4)11(18(19)20)12(16-13)17-6-8(2)21-9(3)7-17/h8-9H,5-7H2,1-4H3,(H,14,15,16). The van der Waals surface area contributed by atoms with Crippen LogP contribution in [0.5, 0.6) is 0 Å². The van der Waals surface area contributed by atoms with E-state index in [0.29, 0.717) is 37.1 Å². The summed E-state index contributed by atoms with van der Waals surface area (Å²) < 4.78 is 5.68. The molecule has 0 bridgehead atoms. The minimum absolute atomic E-state index is 0.00575. The molecule has 1 aliphatic heterocycles. The van der Waals surface area contributed by atoms with Gasteiger partial charge in [0.15, 0.2) is 0 Å². The molecule has 1 fully saturated rings. The van der Waals surface area contributed by atoms with E-state index in [2.05, 4.69) is 15.3 Å². The van der Waals surface area contributed by atoms with Gasteiger partial charge in [-0.2, -0.15) is 4.98 Å². The van der Waals surface area contributed by atoms with Crippen molar-refractivity contribution in [2.45, 2.75) is 39.9 Å². The van der Waals surface area contributed by atoms with E-state index in [9.17, 15) is 10.1 Å². The normalized spacial score (nSPS) is 22.2. The highest BCUT2D eigenvalue weighted by Gasteiger charge is 2.31. The van der Waals surface area contributed by atoms with E-state index in [4.69, 9.17) is 4.74 Å². The van der Waals surface area contributed by atoms with Crippen molar-refractivity contribution >= 4 is 17.5 Å². The number of nitrogens with one attached hydrogen (secondary N) is 1. The second-order valence-corrected chi connectivity index (χ2v) is 5.25. The van der Waals surface area contributed by atoms with E-state index in [-0.39, 0.29) is 17.9 Å². The number of hydrogen-bond donors (Lipinski definition) is 1. The van der Waals surface area contributed by atoms with Crippen molar-refractivity contribution in [3.8, 4) is 0 Å². The number of nitro groups is 1. The van der Waals surface area contributed by atoms with Gasteiger partial charge in [-0.05, 0) is 27.7 Å². The Morgan fingerprint density at radius 2 is 2.00 bits per heavy atom. The molecule has 1 aromatic rings. The molecule has 0 radical (unpaired) electrons. The minimum Gasteiger partial charge on any atom is -0.372 e. The Bertz CT molecular complexity index is 527. The summed E-state index contributed by atoms with van der Waals surface area (Å²) in [6.45, 7) is 9.28. The van der Waals surface area contributed by atoms with Crippen molar-refractivity contribution < 1.29 is 9.66 Å². The molecule has 2 heterocycles. The highest BCUT2D eigenvalue weighted by molar-refractivity contribution is 5.62. The molecule has 1 N–H and O–H groups in total. The molecule has 1 aliphatic rings. The topological polar surface area (TPSA) is 93.4 Å². The second kappa shape index (κ2) is 6.21. The van der Waals surface area contributed by atoms with Crippen molar-refractivity contribution in [1.82, 2.24) is 9.97 Å². The van der Waals surface area contributed by atoms with Crippen LogP contribution in [0.25, 0.3) is 0 Å². The van der Waals surface area contributed by atoms with Crippen LogP contribution in [-0.2, 0) is 4.74 Å². The summed E-state index contributed by atoms with van der Waals surface area (Å²) in [6.07, 6.45) is 0.0115. The molecule has 8 heteroatoms. The summed E-state index contributed by atoms with van der Waals surface area (Å²) in [6, 6.07) is 0. The van der Waals surface area contributed by atoms with Gasteiger partial charge in [-0.1, -0.05) is 0 Å². The van der Waals surface area contributed by atoms with Crippen molar-refractivity contribution in [1.29, 1.82) is 0 Å². The number of aryl methyl sites for hydroxylation is 1. The maximum Gasteiger partial charge on any atom is 0.332 e. The van der Waals surface area contributed by atoms with E-state index in [0.717, 1.165) is 0 Å². The first-order valence-corrected chi connectivity index (χ1v) is 7.09. The molecular weight excluding hydrogens is 274 g/mol. The van der Waals surface area contributed by atoms with Crippen LogP contribution in [0.4, 0.5) is 17.5 Å². The Hall–Kier alpha value is -1.96. The summed E-state index contributed by atoms with van der Waals surface area (Å²) in [5, 5.41) is 14.4. The molecule has 0 amide bonds. The third-order valence-corrected chi connectivity index (χ3v) is 3.28. The number of aromatic nitrogens is 2. The summed E-state index contributed by atoms with van der Waals surface area (Å²) in [4.78, 5) is 21.4. The zero-order valence-electron chi connectivity index (χ0n) is 12.8. The molecule has 0 spiro atoms. The number of morpholine rings is 1. The summed E-state index contributed by atoms with van der Waals surface area (Å²) in [7, 11) is 0. The lowest BCUT2D eigenvalue weighted by molar-refractivity contribution is -0.385. The maximum absolute atomic E-state index is 11.4. The van der Waals surface area contributed by atoms with E-state index in [1.54, 1.807) is 6.92 Å². The fourth-order valence-corrected chi connectivity index (χ4v) is 2.57. The van der Waals surface area contributed by atoms with Gasteiger partial charge in [0.05, 0.1) is 17.1 Å². The highest BCUT2D eigenvalue weighted by Crippen LogP contribution is 2.31. The van der Waals surface area contributed by atoms with Crippen LogP contribution in [0.15, 0.2) is 0 Å². The van der Waals surface area contributed by atoms with Crippen LogP contribution < -0.4 is 10.2 Å². The van der Waals surface area contributed by atoms with Gasteiger partial charge in [0, 0.05) is 19.6 Å². The smallest absolute Gasteiger partial charge is 0.332 e. The third kappa shape index (κ3) is 3.38. The number of anilines is 2. The van der Waals surface area contributed by atoms with Gasteiger partial charge in [-0.25, -0.2) is 4.98 Å². The molecule has 1 aromatic heterocycles. The van der Waals surface area contributed by atoms with Gasteiger partial charge in [0.1, 0.15) is 5.69 Å². The van der Waals surface area contributed by atoms with E-state index >= 15 is 0 Å². The Kier molecular flexibility index (Phi) is 4.56. The monoisotopic (exact) mass is 295 g/mol. The van der Waals surface area contributed by atoms with Crippen LogP contribution in [0, 0.1) is 17.0 Å². The van der Waals surface area contributed by atoms with Gasteiger partial charge < -0.3 is 15.0 Å². The van der Waals surface area contributed by atoms with Crippen LogP contribution in [-0.4, -0.2) is 46.7 Å². The van der Waals surface area contributed by atoms with E-state index in [1.165, 1.54) is 0 Å². The number of nitrogens with zero attached hydrogens (tertiary/aromatic N) is 4. The largest absolute Gasteiger partial charge is 0.372 e. The lowest BCUT2D eigenvalue weighted by Gasteiger charge is -2.35. The van der Waals surface area contributed by atoms with Gasteiger partial charge in [0.25, 0.3) is 0 Å². The fourth-order valence-electron chi connectivity index (χ4n) is 2.57. The quantitative estimate of drug-likeness (QED) is 0.668. The maximum atomic E-state index is 11.4. The molecule has 0 aromatic carbocycles. The van der Waals surface area contributed by atoms with Crippen LogP contribution in [0.2, 0.25) is 0 Å². The average molecular weight is 295 g/mol. The van der Waals surface area contributed by atoms with Crippen LogP contribution >= 0.6 is 0 Å². The van der Waals surface area contributed by atoms with Gasteiger partial charge in [-0.3, -0.25) is 10.1 Å².